The van der Waals surface area contributed by atoms with Gasteiger partial charge in [0.25, 0.3) is 0 Å². The molecule has 0 bridgehead atoms. The lowest BCUT2D eigenvalue weighted by Crippen LogP contribution is -2.35. The predicted octanol–water partition coefficient (Wildman–Crippen LogP) is 0.486. The summed E-state index contributed by atoms with van der Waals surface area (Å²) in [6, 6.07) is -0.0262. The number of carboxylic acid groups (broad SMARTS) is 1. The van der Waals surface area contributed by atoms with E-state index in [9.17, 15) is 13.2 Å². The van der Waals surface area contributed by atoms with Crippen LogP contribution in [0.2, 0.25) is 0 Å². The molecule has 0 spiro atoms. The van der Waals surface area contributed by atoms with Crippen LogP contribution in [0.25, 0.3) is 0 Å². The molecule has 0 aliphatic carbocycles. The molecule has 108 valence electrons. The van der Waals surface area contributed by atoms with Crippen LogP contribution in [0, 0.1) is 5.92 Å². The zero-order valence-corrected chi connectivity index (χ0v) is 12.1. The molecule has 0 saturated heterocycles. The quantitative estimate of drug-likeness (QED) is 0.640. The average Bonchev–Trinajstić information content (AvgIpc) is 2.24. The maximum absolute atomic E-state index is 11.8. The van der Waals surface area contributed by atoms with Gasteiger partial charge in [-0.3, -0.25) is 4.79 Å². The largest absolute Gasteiger partial charge is 0.481 e. The third-order valence-corrected chi connectivity index (χ3v) is 4.84. The van der Waals surface area contributed by atoms with E-state index in [4.69, 9.17) is 10.8 Å². The normalized spacial score (nSPS) is 14.1. The maximum Gasteiger partial charge on any atom is 0.303 e. The molecule has 0 aliphatic heterocycles. The summed E-state index contributed by atoms with van der Waals surface area (Å²) in [4.78, 5) is 10.3. The van der Waals surface area contributed by atoms with E-state index in [0.29, 0.717) is 18.9 Å². The van der Waals surface area contributed by atoms with Gasteiger partial charge in [0.2, 0.25) is 10.0 Å². The van der Waals surface area contributed by atoms with E-state index < -0.39 is 16.0 Å². The highest BCUT2D eigenvalue weighted by Gasteiger charge is 2.19. The molecule has 7 heteroatoms. The summed E-state index contributed by atoms with van der Waals surface area (Å²) in [6.45, 7) is 4.35. The number of nitrogens with zero attached hydrogens (tertiary/aromatic N) is 1. The first-order valence-corrected chi connectivity index (χ1v) is 7.69. The van der Waals surface area contributed by atoms with Gasteiger partial charge in [0.05, 0.1) is 5.75 Å². The van der Waals surface area contributed by atoms with Gasteiger partial charge in [-0.2, -0.15) is 0 Å². The van der Waals surface area contributed by atoms with Crippen molar-refractivity contribution in [2.75, 3.05) is 19.3 Å². The summed E-state index contributed by atoms with van der Waals surface area (Å²) in [7, 11) is -1.86. The van der Waals surface area contributed by atoms with Crippen LogP contribution < -0.4 is 5.73 Å². The average molecular weight is 280 g/mol. The Morgan fingerprint density at radius 1 is 1.39 bits per heavy atom. The molecule has 3 N–H and O–H groups in total. The van der Waals surface area contributed by atoms with Gasteiger partial charge in [-0.15, -0.1) is 0 Å². The SMILES string of the molecule is CC(C)C(N)CCN(C)S(=O)(=O)CCCC(=O)O. The maximum atomic E-state index is 11.8. The third kappa shape index (κ3) is 6.93. The molecule has 0 amide bonds. The molecule has 0 aliphatic rings. The minimum Gasteiger partial charge on any atom is -0.481 e. The van der Waals surface area contributed by atoms with Crippen molar-refractivity contribution in [1.82, 2.24) is 4.31 Å². The van der Waals surface area contributed by atoms with Crippen molar-refractivity contribution in [1.29, 1.82) is 0 Å². The highest BCUT2D eigenvalue weighted by atomic mass is 32.2. The van der Waals surface area contributed by atoms with Crippen molar-refractivity contribution in [3.05, 3.63) is 0 Å². The van der Waals surface area contributed by atoms with E-state index in [2.05, 4.69) is 0 Å². The Morgan fingerprint density at radius 3 is 2.39 bits per heavy atom. The van der Waals surface area contributed by atoms with Crippen LogP contribution in [0.4, 0.5) is 0 Å². The van der Waals surface area contributed by atoms with E-state index in [1.54, 1.807) is 0 Å². The van der Waals surface area contributed by atoms with Gasteiger partial charge < -0.3 is 10.8 Å². The summed E-state index contributed by atoms with van der Waals surface area (Å²) in [6.07, 6.45) is 0.614. The van der Waals surface area contributed by atoms with Crippen molar-refractivity contribution in [2.24, 2.45) is 11.7 Å². The lowest BCUT2D eigenvalue weighted by Gasteiger charge is -2.21. The summed E-state index contributed by atoms with van der Waals surface area (Å²) < 4.78 is 24.8. The zero-order valence-electron chi connectivity index (χ0n) is 11.3. The summed E-state index contributed by atoms with van der Waals surface area (Å²) >= 11 is 0. The fourth-order valence-corrected chi connectivity index (χ4v) is 2.57. The van der Waals surface area contributed by atoms with Crippen LogP contribution in [0.1, 0.15) is 33.1 Å². The number of aliphatic carboxylic acids is 1. The standard InChI is InChI=1S/C11H24N2O4S/c1-9(2)10(12)6-7-13(3)18(16,17)8-4-5-11(14)15/h9-10H,4-8,12H2,1-3H3,(H,14,15). The van der Waals surface area contributed by atoms with Gasteiger partial charge in [-0.1, -0.05) is 13.8 Å². The molecular formula is C11H24N2O4S. The van der Waals surface area contributed by atoms with Crippen molar-refractivity contribution >= 4 is 16.0 Å². The highest BCUT2D eigenvalue weighted by molar-refractivity contribution is 7.89. The lowest BCUT2D eigenvalue weighted by molar-refractivity contribution is -0.137. The number of carbonyl (C=O) groups is 1. The number of nitrogens with two attached hydrogens (primary N) is 1. The first kappa shape index (κ1) is 17.3. The van der Waals surface area contributed by atoms with Crippen LogP contribution >= 0.6 is 0 Å². The van der Waals surface area contributed by atoms with Gasteiger partial charge >= 0.3 is 5.97 Å². The molecule has 0 fully saturated rings. The van der Waals surface area contributed by atoms with Crippen LogP contribution in [0.15, 0.2) is 0 Å². The number of hydrogen-bond acceptors (Lipinski definition) is 4. The van der Waals surface area contributed by atoms with Gasteiger partial charge in [-0.25, -0.2) is 12.7 Å². The molecule has 0 saturated carbocycles. The van der Waals surface area contributed by atoms with Gasteiger partial charge in [0.1, 0.15) is 0 Å². The molecule has 1 atom stereocenters. The van der Waals surface area contributed by atoms with Crippen molar-refractivity contribution < 1.29 is 18.3 Å². The highest BCUT2D eigenvalue weighted by Crippen LogP contribution is 2.07. The molecule has 0 radical (unpaired) electrons. The molecule has 0 aromatic heterocycles. The summed E-state index contributed by atoms with van der Waals surface area (Å²) in [5.74, 6) is -0.796. The van der Waals surface area contributed by atoms with E-state index in [0.717, 1.165) is 0 Å². The Bertz CT molecular complexity index is 354. The Labute approximate surface area is 109 Å². The molecule has 0 aromatic carbocycles. The molecule has 0 heterocycles. The molecule has 1 unspecified atom stereocenters. The van der Waals surface area contributed by atoms with E-state index in [1.807, 2.05) is 13.8 Å². The Morgan fingerprint density at radius 2 is 1.94 bits per heavy atom. The van der Waals surface area contributed by atoms with Crippen molar-refractivity contribution in [3.63, 3.8) is 0 Å². The molecule has 6 nitrogen and oxygen atoms in total. The van der Waals surface area contributed by atoms with Crippen molar-refractivity contribution in [2.45, 2.75) is 39.2 Å². The minimum atomic E-state index is -3.36. The van der Waals surface area contributed by atoms with E-state index in [-0.39, 0.29) is 24.6 Å². The van der Waals surface area contributed by atoms with Crippen LogP contribution in [0.3, 0.4) is 0 Å². The third-order valence-electron chi connectivity index (χ3n) is 2.90. The topological polar surface area (TPSA) is 101 Å². The van der Waals surface area contributed by atoms with Gasteiger partial charge in [0.15, 0.2) is 0 Å². The number of rotatable bonds is 9. The summed E-state index contributed by atoms with van der Waals surface area (Å²) in [5.41, 5.74) is 5.85. The monoisotopic (exact) mass is 280 g/mol. The fraction of sp³-hybridized carbons (Fsp3) is 0.909. The molecule has 0 aromatic rings. The second kappa shape index (κ2) is 7.70. The molecule has 0 rings (SSSR count). The Balaban J connectivity index is 4.14. The second-order valence-corrected chi connectivity index (χ2v) is 7.03. The van der Waals surface area contributed by atoms with Gasteiger partial charge in [0, 0.05) is 26.1 Å². The van der Waals surface area contributed by atoms with E-state index in [1.165, 1.54) is 11.4 Å². The molecule has 18 heavy (non-hydrogen) atoms. The Kier molecular flexibility index (Phi) is 7.42. The predicted molar refractivity (Wildman–Crippen MR) is 70.7 cm³/mol. The van der Waals surface area contributed by atoms with Gasteiger partial charge in [-0.05, 0) is 18.8 Å². The van der Waals surface area contributed by atoms with Crippen LogP contribution in [-0.2, 0) is 14.8 Å². The molecular weight excluding hydrogens is 256 g/mol. The first-order valence-electron chi connectivity index (χ1n) is 6.08. The zero-order chi connectivity index (χ0) is 14.3. The number of sulfonamides is 1. The van der Waals surface area contributed by atoms with E-state index >= 15 is 0 Å². The number of carboxylic acids is 1. The van der Waals surface area contributed by atoms with Crippen LogP contribution in [0.5, 0.6) is 0 Å². The second-order valence-electron chi connectivity index (χ2n) is 4.83. The Hall–Kier alpha value is -0.660. The number of hydrogen-bond donors (Lipinski definition) is 2. The van der Waals surface area contributed by atoms with Crippen LogP contribution in [-0.4, -0.2) is 49.2 Å². The minimum absolute atomic E-state index is 0.0262. The first-order chi connectivity index (χ1) is 8.16. The lowest BCUT2D eigenvalue weighted by atomic mass is 10.0. The fourth-order valence-electron chi connectivity index (χ4n) is 1.36. The van der Waals surface area contributed by atoms with Crippen molar-refractivity contribution in [3.8, 4) is 0 Å². The summed E-state index contributed by atoms with van der Waals surface area (Å²) in [5, 5.41) is 8.46. The smallest absolute Gasteiger partial charge is 0.303 e.